The van der Waals surface area contributed by atoms with Crippen molar-refractivity contribution in [2.24, 2.45) is 5.92 Å². The Kier molecular flexibility index (Phi) is 4.77. The first kappa shape index (κ1) is 14.5. The zero-order valence-electron chi connectivity index (χ0n) is 13.0. The second kappa shape index (κ2) is 6.57. The molecular weight excluding hydrogens is 264 g/mol. The predicted molar refractivity (Wildman–Crippen MR) is 86.3 cm³/mol. The largest absolute Gasteiger partial charge is 0.309 e. The molecule has 0 bridgehead atoms. The summed E-state index contributed by atoms with van der Waals surface area (Å²) in [5.41, 5.74) is 1.39. The highest BCUT2D eigenvalue weighted by molar-refractivity contribution is 7.11. The molecule has 3 rings (SSSR count). The van der Waals surface area contributed by atoms with Crippen LogP contribution >= 0.6 is 11.3 Å². The van der Waals surface area contributed by atoms with Crippen LogP contribution in [0.25, 0.3) is 0 Å². The highest BCUT2D eigenvalue weighted by Gasteiger charge is 2.25. The van der Waals surface area contributed by atoms with Crippen molar-refractivity contribution < 1.29 is 0 Å². The molecule has 0 aliphatic heterocycles. The molecule has 2 aliphatic carbocycles. The van der Waals surface area contributed by atoms with E-state index in [0.29, 0.717) is 0 Å². The van der Waals surface area contributed by atoms with Crippen molar-refractivity contribution in [2.45, 2.75) is 83.7 Å². The lowest BCUT2D eigenvalue weighted by molar-refractivity contribution is 0.347. The fourth-order valence-electron chi connectivity index (χ4n) is 3.18. The molecule has 1 aromatic rings. The number of thiazole rings is 1. The van der Waals surface area contributed by atoms with Crippen LogP contribution in [0.3, 0.4) is 0 Å². The molecule has 0 unspecified atom stereocenters. The zero-order chi connectivity index (χ0) is 13.9. The van der Waals surface area contributed by atoms with Gasteiger partial charge >= 0.3 is 0 Å². The van der Waals surface area contributed by atoms with Crippen LogP contribution in [-0.2, 0) is 13.0 Å². The van der Waals surface area contributed by atoms with E-state index in [-0.39, 0.29) is 0 Å². The number of nitrogens with zero attached hydrogens (tertiary/aromatic N) is 1. The average Bonchev–Trinajstić information content (AvgIpc) is 3.19. The molecule has 2 aliphatic rings. The molecule has 0 amide bonds. The summed E-state index contributed by atoms with van der Waals surface area (Å²) >= 11 is 2.00. The molecule has 2 nitrogen and oxygen atoms in total. The second-order valence-corrected chi connectivity index (χ2v) is 7.90. The van der Waals surface area contributed by atoms with Crippen molar-refractivity contribution >= 4 is 11.3 Å². The van der Waals surface area contributed by atoms with E-state index in [0.717, 1.165) is 30.8 Å². The standard InChI is InChI=1S/C17H28N2S/c1-3-4-15-16(11-18-14-9-10-14)20-17(19-15)13-7-5-12(2)6-8-13/h12-14,18H,3-11H2,1-2H3. The van der Waals surface area contributed by atoms with Crippen LogP contribution in [0.15, 0.2) is 0 Å². The summed E-state index contributed by atoms with van der Waals surface area (Å²) in [5, 5.41) is 5.10. The van der Waals surface area contributed by atoms with Crippen molar-refractivity contribution in [3.8, 4) is 0 Å². The van der Waals surface area contributed by atoms with E-state index in [2.05, 4.69) is 19.2 Å². The number of nitrogens with one attached hydrogen (secondary N) is 1. The Balaban J connectivity index is 1.68. The SMILES string of the molecule is CCCc1nc(C2CCC(C)CC2)sc1CNC1CC1. The van der Waals surface area contributed by atoms with Crippen LogP contribution in [0.2, 0.25) is 0 Å². The third-order valence-corrected chi connectivity index (χ3v) is 6.04. The van der Waals surface area contributed by atoms with Gasteiger partial charge in [-0.25, -0.2) is 4.98 Å². The van der Waals surface area contributed by atoms with Gasteiger partial charge in [-0.2, -0.15) is 0 Å². The van der Waals surface area contributed by atoms with E-state index in [1.807, 2.05) is 11.3 Å². The van der Waals surface area contributed by atoms with E-state index in [1.165, 1.54) is 60.5 Å². The van der Waals surface area contributed by atoms with E-state index in [4.69, 9.17) is 4.98 Å². The number of hydrogen-bond acceptors (Lipinski definition) is 3. The Morgan fingerprint density at radius 3 is 2.55 bits per heavy atom. The molecule has 1 aromatic heterocycles. The summed E-state index contributed by atoms with van der Waals surface area (Å²) in [5.74, 6) is 1.68. The van der Waals surface area contributed by atoms with Gasteiger partial charge in [0.15, 0.2) is 0 Å². The van der Waals surface area contributed by atoms with Gasteiger partial charge < -0.3 is 5.32 Å². The topological polar surface area (TPSA) is 24.9 Å². The molecule has 112 valence electrons. The summed E-state index contributed by atoms with van der Waals surface area (Å²) in [6.45, 7) is 5.71. The number of aryl methyl sites for hydroxylation is 1. The summed E-state index contributed by atoms with van der Waals surface area (Å²) < 4.78 is 0. The molecule has 1 heterocycles. The summed E-state index contributed by atoms with van der Waals surface area (Å²) in [7, 11) is 0. The molecule has 3 heteroatoms. The molecule has 1 N–H and O–H groups in total. The second-order valence-electron chi connectivity index (χ2n) is 6.78. The van der Waals surface area contributed by atoms with Gasteiger partial charge in [0.05, 0.1) is 10.7 Å². The Bertz CT molecular complexity index is 428. The smallest absolute Gasteiger partial charge is 0.0962 e. The average molecular weight is 292 g/mol. The number of rotatable bonds is 6. The molecule has 0 saturated heterocycles. The lowest BCUT2D eigenvalue weighted by atomic mass is 9.83. The molecule has 0 aromatic carbocycles. The van der Waals surface area contributed by atoms with Crippen molar-refractivity contribution in [2.75, 3.05) is 0 Å². The van der Waals surface area contributed by atoms with Gasteiger partial charge in [0, 0.05) is 23.4 Å². The molecule has 0 spiro atoms. The first-order valence-electron chi connectivity index (χ1n) is 8.48. The minimum absolute atomic E-state index is 0.751. The van der Waals surface area contributed by atoms with E-state index >= 15 is 0 Å². The van der Waals surface area contributed by atoms with Crippen molar-refractivity contribution in [3.63, 3.8) is 0 Å². The van der Waals surface area contributed by atoms with Crippen LogP contribution in [0, 0.1) is 5.92 Å². The molecule has 2 fully saturated rings. The maximum Gasteiger partial charge on any atom is 0.0962 e. The molecule has 2 saturated carbocycles. The fourth-order valence-corrected chi connectivity index (χ4v) is 4.41. The highest BCUT2D eigenvalue weighted by Crippen LogP contribution is 2.38. The Labute approximate surface area is 127 Å². The Morgan fingerprint density at radius 1 is 1.15 bits per heavy atom. The van der Waals surface area contributed by atoms with Gasteiger partial charge in [0.2, 0.25) is 0 Å². The number of hydrogen-bond donors (Lipinski definition) is 1. The maximum absolute atomic E-state index is 5.03. The quantitative estimate of drug-likeness (QED) is 0.826. The normalized spacial score (nSPS) is 26.9. The van der Waals surface area contributed by atoms with Gasteiger partial charge in [-0.1, -0.05) is 33.1 Å². The van der Waals surface area contributed by atoms with Gasteiger partial charge in [0.25, 0.3) is 0 Å². The fraction of sp³-hybridized carbons (Fsp3) is 0.824. The highest BCUT2D eigenvalue weighted by atomic mass is 32.1. The van der Waals surface area contributed by atoms with Gasteiger partial charge in [0.1, 0.15) is 0 Å². The number of aromatic nitrogens is 1. The first-order valence-corrected chi connectivity index (χ1v) is 9.29. The van der Waals surface area contributed by atoms with Crippen LogP contribution in [0.5, 0.6) is 0 Å². The first-order chi connectivity index (χ1) is 9.76. The molecule has 0 atom stereocenters. The Morgan fingerprint density at radius 2 is 1.90 bits per heavy atom. The van der Waals surface area contributed by atoms with Crippen LogP contribution in [-0.4, -0.2) is 11.0 Å². The Hall–Kier alpha value is -0.410. The third kappa shape index (κ3) is 3.62. The zero-order valence-corrected chi connectivity index (χ0v) is 13.8. The van der Waals surface area contributed by atoms with Crippen LogP contribution < -0.4 is 5.32 Å². The summed E-state index contributed by atoms with van der Waals surface area (Å²) in [6, 6.07) is 0.797. The van der Waals surface area contributed by atoms with Crippen LogP contribution in [0.1, 0.15) is 80.3 Å². The maximum atomic E-state index is 5.03. The monoisotopic (exact) mass is 292 g/mol. The minimum atomic E-state index is 0.751. The molecule has 0 radical (unpaired) electrons. The van der Waals surface area contributed by atoms with Gasteiger partial charge in [-0.15, -0.1) is 11.3 Å². The summed E-state index contributed by atoms with van der Waals surface area (Å²) in [4.78, 5) is 6.55. The minimum Gasteiger partial charge on any atom is -0.309 e. The molecule has 20 heavy (non-hydrogen) atoms. The van der Waals surface area contributed by atoms with Crippen molar-refractivity contribution in [1.29, 1.82) is 0 Å². The van der Waals surface area contributed by atoms with E-state index in [1.54, 1.807) is 0 Å². The van der Waals surface area contributed by atoms with Crippen molar-refractivity contribution in [1.82, 2.24) is 10.3 Å². The third-order valence-electron chi connectivity index (χ3n) is 4.78. The van der Waals surface area contributed by atoms with E-state index < -0.39 is 0 Å². The van der Waals surface area contributed by atoms with Gasteiger partial charge in [-0.3, -0.25) is 0 Å². The predicted octanol–water partition coefficient (Wildman–Crippen LogP) is 4.64. The molecular formula is C17H28N2S. The lowest BCUT2D eigenvalue weighted by Crippen LogP contribution is -2.15. The van der Waals surface area contributed by atoms with Gasteiger partial charge in [-0.05, 0) is 38.0 Å². The van der Waals surface area contributed by atoms with E-state index in [9.17, 15) is 0 Å². The lowest BCUT2D eigenvalue weighted by Gasteiger charge is -2.24. The van der Waals surface area contributed by atoms with Crippen molar-refractivity contribution in [3.05, 3.63) is 15.6 Å². The van der Waals surface area contributed by atoms with Crippen LogP contribution in [0.4, 0.5) is 0 Å². The summed E-state index contributed by atoms with van der Waals surface area (Å²) in [6.07, 6.45) is 10.6.